The molecular weight excluding hydrogens is 548 g/mol. The molecule has 0 unspecified atom stereocenters. The minimum absolute atomic E-state index is 0.00751. The molecule has 1 N–H and O–H groups in total. The Labute approximate surface area is 230 Å². The van der Waals surface area contributed by atoms with Crippen molar-refractivity contribution < 1.29 is 17.6 Å². The third-order valence-corrected chi connectivity index (χ3v) is 8.08. The van der Waals surface area contributed by atoms with Gasteiger partial charge in [0.1, 0.15) is 5.82 Å². The second-order valence-electron chi connectivity index (χ2n) is 8.23. The summed E-state index contributed by atoms with van der Waals surface area (Å²) in [5.74, 6) is -0.797. The Morgan fingerprint density at radius 1 is 0.895 bits per heavy atom. The summed E-state index contributed by atoms with van der Waals surface area (Å²) >= 11 is 12.6. The fraction of sp³-hybridized carbons (Fsp3) is 0.0714. The van der Waals surface area contributed by atoms with Gasteiger partial charge in [-0.3, -0.25) is 9.78 Å². The molecule has 0 bridgehead atoms. The lowest BCUT2D eigenvalue weighted by atomic mass is 10.2. The maximum Gasteiger partial charge on any atom is 0.248 e. The Bertz CT molecular complexity index is 1530. The molecule has 0 saturated heterocycles. The molecule has 0 radical (unpaired) electrons. The molecule has 0 saturated carbocycles. The Kier molecular flexibility index (Phi) is 8.91. The summed E-state index contributed by atoms with van der Waals surface area (Å²) in [6.45, 7) is -0.140. The molecule has 1 heterocycles. The average Bonchev–Trinajstić information content (AvgIpc) is 2.91. The fourth-order valence-electron chi connectivity index (χ4n) is 3.57. The van der Waals surface area contributed by atoms with Crippen LogP contribution in [0.5, 0.6) is 0 Å². The highest BCUT2D eigenvalue weighted by molar-refractivity contribution is 7.89. The highest BCUT2D eigenvalue weighted by atomic mass is 35.5. The number of pyridine rings is 1. The molecule has 4 aromatic rings. The second-order valence-corrected chi connectivity index (χ2v) is 11.0. The van der Waals surface area contributed by atoms with Gasteiger partial charge < -0.3 is 5.32 Å². The zero-order valence-electron chi connectivity index (χ0n) is 19.9. The Balaban J connectivity index is 1.56. The Morgan fingerprint density at radius 2 is 1.53 bits per heavy atom. The van der Waals surface area contributed by atoms with Crippen LogP contribution in [0.1, 0.15) is 16.7 Å². The minimum atomic E-state index is -4.04. The van der Waals surface area contributed by atoms with Gasteiger partial charge in [-0.2, -0.15) is 4.31 Å². The summed E-state index contributed by atoms with van der Waals surface area (Å²) in [6.07, 6.45) is 6.26. The van der Waals surface area contributed by atoms with E-state index < -0.39 is 15.8 Å². The number of anilines is 1. The van der Waals surface area contributed by atoms with Crippen molar-refractivity contribution in [1.82, 2.24) is 9.29 Å². The Hall–Kier alpha value is -3.56. The van der Waals surface area contributed by atoms with Crippen LogP contribution in [0, 0.1) is 5.82 Å². The molecular formula is C28H22Cl2FN3O3S. The monoisotopic (exact) mass is 569 g/mol. The van der Waals surface area contributed by atoms with Crippen LogP contribution in [-0.4, -0.2) is 23.6 Å². The number of aromatic nitrogens is 1. The van der Waals surface area contributed by atoms with Crippen molar-refractivity contribution in [3.8, 4) is 0 Å². The molecule has 3 aromatic carbocycles. The minimum Gasteiger partial charge on any atom is -0.323 e. The quantitative estimate of drug-likeness (QED) is 0.231. The maximum atomic E-state index is 13.7. The topological polar surface area (TPSA) is 79.4 Å². The first kappa shape index (κ1) is 27.5. The number of rotatable bonds is 9. The van der Waals surface area contributed by atoms with Crippen molar-refractivity contribution in [3.05, 3.63) is 130 Å². The van der Waals surface area contributed by atoms with E-state index in [2.05, 4.69) is 10.3 Å². The summed E-state index contributed by atoms with van der Waals surface area (Å²) < 4.78 is 42.0. The molecule has 38 heavy (non-hydrogen) atoms. The summed E-state index contributed by atoms with van der Waals surface area (Å²) in [7, 11) is -4.04. The molecule has 1 amide bonds. The molecule has 0 aliphatic rings. The van der Waals surface area contributed by atoms with Crippen molar-refractivity contribution in [2.75, 3.05) is 5.32 Å². The molecule has 1 aromatic heterocycles. The van der Waals surface area contributed by atoms with E-state index in [1.165, 1.54) is 58.9 Å². The number of carbonyl (C=O) groups excluding carboxylic acids is 1. The van der Waals surface area contributed by atoms with E-state index in [9.17, 15) is 17.6 Å². The van der Waals surface area contributed by atoms with Crippen molar-refractivity contribution in [3.63, 3.8) is 0 Å². The van der Waals surface area contributed by atoms with Crippen LogP contribution in [0.15, 0.2) is 102 Å². The number of amides is 1. The summed E-state index contributed by atoms with van der Waals surface area (Å²) in [5, 5.41) is 3.36. The number of nitrogens with one attached hydrogen (secondary N) is 1. The van der Waals surface area contributed by atoms with E-state index in [1.807, 2.05) is 0 Å². The summed E-state index contributed by atoms with van der Waals surface area (Å²) in [5.41, 5.74) is 2.28. The largest absolute Gasteiger partial charge is 0.323 e. The van der Waals surface area contributed by atoms with Gasteiger partial charge in [-0.15, -0.1) is 0 Å². The second kappa shape index (κ2) is 12.3. The first-order chi connectivity index (χ1) is 18.2. The molecule has 0 spiro atoms. The summed E-state index contributed by atoms with van der Waals surface area (Å²) in [6, 6.07) is 19.8. The number of hydrogen-bond donors (Lipinski definition) is 1. The van der Waals surface area contributed by atoms with Crippen LogP contribution >= 0.6 is 23.2 Å². The SMILES string of the molecule is O=C(/C=C/c1ccncc1)Nc1ccc(S(=O)(=O)N(Cc2ccc(F)cc2)Cc2c(Cl)cccc2Cl)cc1. The van der Waals surface area contributed by atoms with Crippen molar-refractivity contribution >= 4 is 50.9 Å². The average molecular weight is 570 g/mol. The number of benzene rings is 3. The molecule has 0 aliphatic carbocycles. The molecule has 6 nitrogen and oxygen atoms in total. The number of carbonyl (C=O) groups is 1. The van der Waals surface area contributed by atoms with E-state index in [4.69, 9.17) is 23.2 Å². The van der Waals surface area contributed by atoms with Crippen LogP contribution in [0.2, 0.25) is 10.0 Å². The van der Waals surface area contributed by atoms with Gasteiger partial charge in [0.2, 0.25) is 15.9 Å². The van der Waals surface area contributed by atoms with Gasteiger partial charge in [0, 0.05) is 52.9 Å². The van der Waals surface area contributed by atoms with Gasteiger partial charge in [-0.25, -0.2) is 12.8 Å². The smallest absolute Gasteiger partial charge is 0.248 e. The molecule has 194 valence electrons. The van der Waals surface area contributed by atoms with Crippen molar-refractivity contribution in [1.29, 1.82) is 0 Å². The molecule has 0 atom stereocenters. The standard InChI is InChI=1S/C28H22Cl2FN3O3S/c29-26-2-1-3-27(30)25(26)19-34(18-21-4-7-22(31)8-5-21)38(36,37)24-11-9-23(10-12-24)33-28(35)13-6-20-14-16-32-17-15-20/h1-17H,18-19H2,(H,33,35)/b13-6+. The predicted molar refractivity (Wildman–Crippen MR) is 148 cm³/mol. The third-order valence-electron chi connectivity index (χ3n) is 5.56. The maximum absolute atomic E-state index is 13.7. The lowest BCUT2D eigenvalue weighted by Gasteiger charge is -2.24. The number of hydrogen-bond acceptors (Lipinski definition) is 4. The van der Waals surface area contributed by atoms with E-state index in [0.717, 1.165) is 5.56 Å². The normalized spacial score (nSPS) is 11.7. The number of halogens is 3. The molecule has 0 fully saturated rings. The van der Waals surface area contributed by atoms with Gasteiger partial charge in [0.15, 0.2) is 0 Å². The zero-order valence-corrected chi connectivity index (χ0v) is 22.2. The van der Waals surface area contributed by atoms with Crippen molar-refractivity contribution in [2.45, 2.75) is 18.0 Å². The van der Waals surface area contributed by atoms with E-state index in [1.54, 1.807) is 48.8 Å². The third kappa shape index (κ3) is 7.05. The van der Waals surface area contributed by atoms with Crippen LogP contribution in [0.3, 0.4) is 0 Å². The highest BCUT2D eigenvalue weighted by Gasteiger charge is 2.26. The fourth-order valence-corrected chi connectivity index (χ4v) is 5.48. The van der Waals surface area contributed by atoms with Crippen LogP contribution in [-0.2, 0) is 27.9 Å². The summed E-state index contributed by atoms with van der Waals surface area (Å²) in [4.78, 5) is 16.2. The van der Waals surface area contributed by atoms with Gasteiger partial charge in [0.25, 0.3) is 0 Å². The molecule has 4 rings (SSSR count). The number of sulfonamides is 1. The van der Waals surface area contributed by atoms with Crippen LogP contribution in [0.4, 0.5) is 10.1 Å². The van der Waals surface area contributed by atoms with Crippen LogP contribution < -0.4 is 5.32 Å². The molecule has 10 heteroatoms. The molecule has 0 aliphatic heterocycles. The number of nitrogens with zero attached hydrogens (tertiary/aromatic N) is 2. The highest BCUT2D eigenvalue weighted by Crippen LogP contribution is 2.29. The zero-order chi connectivity index (χ0) is 27.1. The Morgan fingerprint density at radius 3 is 2.16 bits per heavy atom. The van der Waals surface area contributed by atoms with Gasteiger partial charge >= 0.3 is 0 Å². The van der Waals surface area contributed by atoms with Gasteiger partial charge in [-0.1, -0.05) is 41.4 Å². The van der Waals surface area contributed by atoms with Crippen LogP contribution in [0.25, 0.3) is 6.08 Å². The predicted octanol–water partition coefficient (Wildman–Crippen LogP) is 6.57. The van der Waals surface area contributed by atoms with Crippen molar-refractivity contribution in [2.24, 2.45) is 0 Å². The van der Waals surface area contributed by atoms with Gasteiger partial charge in [0.05, 0.1) is 4.90 Å². The lowest BCUT2D eigenvalue weighted by molar-refractivity contribution is -0.111. The first-order valence-electron chi connectivity index (χ1n) is 11.4. The van der Waals surface area contributed by atoms with E-state index in [0.29, 0.717) is 26.9 Å². The first-order valence-corrected chi connectivity index (χ1v) is 13.6. The van der Waals surface area contributed by atoms with E-state index >= 15 is 0 Å². The lowest BCUT2D eigenvalue weighted by Crippen LogP contribution is -2.30. The van der Waals surface area contributed by atoms with E-state index in [-0.39, 0.29) is 23.9 Å². The van der Waals surface area contributed by atoms with Gasteiger partial charge in [-0.05, 0) is 77.9 Å².